The Balaban J connectivity index is 2.72. The molecule has 0 saturated carbocycles. The minimum Gasteiger partial charge on any atom is -0.461 e. The van der Waals surface area contributed by atoms with Crippen LogP contribution in [0.3, 0.4) is 0 Å². The number of esters is 1. The van der Waals surface area contributed by atoms with Crippen molar-refractivity contribution in [1.82, 2.24) is 0 Å². The molecule has 0 amide bonds. The molecule has 0 spiro atoms. The summed E-state index contributed by atoms with van der Waals surface area (Å²) < 4.78 is 6.75. The van der Waals surface area contributed by atoms with Crippen molar-refractivity contribution < 1.29 is 14.1 Å². The number of aryl methyl sites for hydroxylation is 2. The summed E-state index contributed by atoms with van der Waals surface area (Å²) in [5, 5.41) is 0. The third kappa shape index (κ3) is 2.83. The van der Waals surface area contributed by atoms with E-state index in [0.29, 0.717) is 13.2 Å². The molecular weight excluding hydrogens is 178 g/mol. The molecule has 0 bridgehead atoms. The number of aromatic nitrogens is 1. The number of nitrogens with zero attached hydrogens (tertiary/aromatic N) is 1. The second-order valence-corrected chi connectivity index (χ2v) is 3.28. The third-order valence-corrected chi connectivity index (χ3v) is 2.01. The molecule has 0 saturated heterocycles. The fraction of sp³-hybridized carbons (Fsp3) is 0.455. The highest BCUT2D eigenvalue weighted by Gasteiger charge is 2.12. The van der Waals surface area contributed by atoms with Gasteiger partial charge >= 0.3 is 5.97 Å². The molecule has 3 nitrogen and oxygen atoms in total. The molecule has 3 heteroatoms. The smallest absolute Gasteiger partial charge is 0.372 e. The van der Waals surface area contributed by atoms with E-state index in [2.05, 4.69) is 0 Å². The first kappa shape index (κ1) is 10.7. The van der Waals surface area contributed by atoms with E-state index in [1.165, 1.54) is 5.56 Å². The monoisotopic (exact) mass is 194 g/mol. The Labute approximate surface area is 84.3 Å². The van der Waals surface area contributed by atoms with Crippen molar-refractivity contribution in [3.05, 3.63) is 29.6 Å². The third-order valence-electron chi connectivity index (χ3n) is 2.01. The highest BCUT2D eigenvalue weighted by Crippen LogP contribution is 1.96. The van der Waals surface area contributed by atoms with Crippen LogP contribution < -0.4 is 4.57 Å². The molecule has 14 heavy (non-hydrogen) atoms. The Morgan fingerprint density at radius 3 is 2.79 bits per heavy atom. The quantitative estimate of drug-likeness (QED) is 0.534. The number of ether oxygens (including phenoxy) is 1. The lowest BCUT2D eigenvalue weighted by Crippen LogP contribution is -2.41. The predicted octanol–water partition coefficient (Wildman–Crippen LogP) is 1.15. The van der Waals surface area contributed by atoms with E-state index in [4.69, 9.17) is 4.74 Å². The minimum absolute atomic E-state index is 0.190. The molecule has 0 aromatic carbocycles. The zero-order valence-electron chi connectivity index (χ0n) is 8.91. The van der Waals surface area contributed by atoms with Gasteiger partial charge in [0.25, 0.3) is 0 Å². The summed E-state index contributed by atoms with van der Waals surface area (Å²) in [6.45, 7) is 6.54. The molecule has 0 atom stereocenters. The van der Waals surface area contributed by atoms with Gasteiger partial charge in [-0.1, -0.05) is 0 Å². The molecule has 0 fully saturated rings. The number of rotatable bonds is 3. The lowest BCUT2D eigenvalue weighted by molar-refractivity contribution is -0.692. The van der Waals surface area contributed by atoms with Gasteiger partial charge in [0.05, 0.1) is 6.61 Å². The van der Waals surface area contributed by atoms with Crippen LogP contribution in [-0.2, 0) is 16.1 Å². The van der Waals surface area contributed by atoms with Crippen LogP contribution in [0.1, 0.15) is 18.2 Å². The van der Waals surface area contributed by atoms with Crippen molar-refractivity contribution >= 4 is 5.97 Å². The van der Waals surface area contributed by atoms with Crippen LogP contribution in [0.25, 0.3) is 0 Å². The molecular formula is C11H16NO2+. The highest BCUT2D eigenvalue weighted by atomic mass is 16.5. The average molecular weight is 194 g/mol. The van der Waals surface area contributed by atoms with Gasteiger partial charge in [-0.2, -0.15) is 4.57 Å². The molecule has 0 aliphatic heterocycles. The molecule has 0 unspecified atom stereocenters. The zero-order chi connectivity index (χ0) is 10.6. The first-order chi connectivity index (χ1) is 6.63. The lowest BCUT2D eigenvalue weighted by atomic mass is 10.2. The van der Waals surface area contributed by atoms with Gasteiger partial charge in [-0.3, -0.25) is 0 Å². The maximum absolute atomic E-state index is 11.2. The van der Waals surface area contributed by atoms with Gasteiger partial charge in [0, 0.05) is 19.1 Å². The zero-order valence-corrected chi connectivity index (χ0v) is 8.91. The minimum atomic E-state index is -0.190. The first-order valence-electron chi connectivity index (χ1n) is 4.75. The molecule has 0 N–H and O–H groups in total. The fourth-order valence-corrected chi connectivity index (χ4v) is 1.31. The molecule has 1 aromatic rings. The second kappa shape index (κ2) is 4.74. The van der Waals surface area contributed by atoms with Gasteiger partial charge < -0.3 is 4.74 Å². The van der Waals surface area contributed by atoms with Crippen LogP contribution in [0.15, 0.2) is 18.3 Å². The summed E-state index contributed by atoms with van der Waals surface area (Å²) in [6.07, 6.45) is 1.90. The summed E-state index contributed by atoms with van der Waals surface area (Å²) in [5.41, 5.74) is 2.26. The summed E-state index contributed by atoms with van der Waals surface area (Å²) in [7, 11) is 0. The van der Waals surface area contributed by atoms with Crippen LogP contribution in [0.4, 0.5) is 0 Å². The molecule has 0 aliphatic rings. The van der Waals surface area contributed by atoms with Gasteiger partial charge in [0.2, 0.25) is 6.54 Å². The van der Waals surface area contributed by atoms with E-state index in [9.17, 15) is 4.79 Å². The Morgan fingerprint density at radius 2 is 2.21 bits per heavy atom. The molecule has 1 aromatic heterocycles. The largest absolute Gasteiger partial charge is 0.461 e. The average Bonchev–Trinajstić information content (AvgIpc) is 2.10. The van der Waals surface area contributed by atoms with E-state index in [1.807, 2.05) is 43.7 Å². The molecule has 1 rings (SSSR count). The lowest BCUT2D eigenvalue weighted by Gasteiger charge is -2.01. The number of pyridine rings is 1. The summed E-state index contributed by atoms with van der Waals surface area (Å²) >= 11 is 0. The summed E-state index contributed by atoms with van der Waals surface area (Å²) in [6, 6.07) is 4.02. The van der Waals surface area contributed by atoms with E-state index in [1.54, 1.807) is 0 Å². The van der Waals surface area contributed by atoms with Crippen LogP contribution in [0.5, 0.6) is 0 Å². The van der Waals surface area contributed by atoms with Crippen molar-refractivity contribution in [2.45, 2.75) is 27.3 Å². The van der Waals surface area contributed by atoms with Crippen LogP contribution in [0.2, 0.25) is 0 Å². The van der Waals surface area contributed by atoms with Gasteiger partial charge in [-0.25, -0.2) is 4.79 Å². The number of carbonyl (C=O) groups excluding carboxylic acids is 1. The van der Waals surface area contributed by atoms with Gasteiger partial charge in [0.1, 0.15) is 0 Å². The van der Waals surface area contributed by atoms with E-state index in [0.717, 1.165) is 5.69 Å². The topological polar surface area (TPSA) is 30.2 Å². The van der Waals surface area contributed by atoms with Crippen molar-refractivity contribution in [2.75, 3.05) is 6.61 Å². The Morgan fingerprint density at radius 1 is 1.50 bits per heavy atom. The predicted molar refractivity (Wildman–Crippen MR) is 52.7 cm³/mol. The van der Waals surface area contributed by atoms with Crippen LogP contribution >= 0.6 is 0 Å². The van der Waals surface area contributed by atoms with Gasteiger partial charge in [0.15, 0.2) is 11.9 Å². The summed E-state index contributed by atoms with van der Waals surface area (Å²) in [5.74, 6) is -0.190. The Kier molecular flexibility index (Phi) is 3.63. The van der Waals surface area contributed by atoms with E-state index >= 15 is 0 Å². The Hall–Kier alpha value is -1.38. The van der Waals surface area contributed by atoms with Crippen LogP contribution in [-0.4, -0.2) is 12.6 Å². The fourth-order valence-electron chi connectivity index (χ4n) is 1.31. The first-order valence-corrected chi connectivity index (χ1v) is 4.75. The summed E-state index contributed by atoms with van der Waals surface area (Å²) in [4.78, 5) is 11.2. The van der Waals surface area contributed by atoms with Crippen molar-refractivity contribution in [2.24, 2.45) is 0 Å². The number of carbonyl (C=O) groups is 1. The molecule has 0 aliphatic carbocycles. The molecule has 76 valence electrons. The van der Waals surface area contributed by atoms with Crippen LogP contribution in [0, 0.1) is 13.8 Å². The highest BCUT2D eigenvalue weighted by molar-refractivity contribution is 5.67. The standard InChI is InChI=1S/C11H16NO2/c1-4-14-11(13)8-12-6-5-9(2)7-10(12)3/h5-7H,4,8H2,1-3H3/q+1. The van der Waals surface area contributed by atoms with Gasteiger partial charge in [-0.15, -0.1) is 0 Å². The van der Waals surface area contributed by atoms with E-state index in [-0.39, 0.29) is 5.97 Å². The second-order valence-electron chi connectivity index (χ2n) is 3.28. The van der Waals surface area contributed by atoms with Gasteiger partial charge in [-0.05, 0) is 19.4 Å². The maximum Gasteiger partial charge on any atom is 0.372 e. The maximum atomic E-state index is 11.2. The van der Waals surface area contributed by atoms with Crippen molar-refractivity contribution in [1.29, 1.82) is 0 Å². The van der Waals surface area contributed by atoms with Crippen molar-refractivity contribution in [3.63, 3.8) is 0 Å². The number of hydrogen-bond donors (Lipinski definition) is 0. The van der Waals surface area contributed by atoms with Crippen molar-refractivity contribution in [3.8, 4) is 0 Å². The molecule has 0 radical (unpaired) electrons. The normalized spacial score (nSPS) is 9.93. The number of hydrogen-bond acceptors (Lipinski definition) is 2. The Bertz CT molecular complexity index is 334. The molecule has 1 heterocycles. The SMILES string of the molecule is CCOC(=O)C[n+]1ccc(C)cc1C. The van der Waals surface area contributed by atoms with E-state index < -0.39 is 0 Å².